The first-order chi connectivity index (χ1) is 11.7. The van der Waals surface area contributed by atoms with Crippen LogP contribution in [0.5, 0.6) is 5.75 Å². The van der Waals surface area contributed by atoms with E-state index in [4.69, 9.17) is 4.74 Å². The number of nitrogens with zero attached hydrogens (tertiary/aromatic N) is 4. The average Bonchev–Trinajstić information content (AvgIpc) is 3.10. The number of carboxylic acid groups (broad SMARTS) is 1. The summed E-state index contributed by atoms with van der Waals surface area (Å²) in [6.07, 6.45) is 0. The standard InChI is InChI=1S/C17H12N4O3/c22-17(23)14-8-12-6-7-13(24-10-11-4-2-1-3-5-11)9-15(12)21-16(14)18-19-20-21/h1-9H,10H2,(H,22,23). The van der Waals surface area contributed by atoms with E-state index >= 15 is 0 Å². The molecule has 0 saturated heterocycles. The second-order valence-electron chi connectivity index (χ2n) is 5.27. The number of benzene rings is 2. The minimum Gasteiger partial charge on any atom is -0.489 e. The van der Waals surface area contributed by atoms with Gasteiger partial charge in [0.1, 0.15) is 17.9 Å². The number of aromatic nitrogens is 4. The largest absolute Gasteiger partial charge is 0.489 e. The van der Waals surface area contributed by atoms with Crippen LogP contribution >= 0.6 is 0 Å². The van der Waals surface area contributed by atoms with E-state index in [1.165, 1.54) is 4.52 Å². The maximum atomic E-state index is 11.3. The van der Waals surface area contributed by atoms with Crippen molar-refractivity contribution in [2.24, 2.45) is 0 Å². The van der Waals surface area contributed by atoms with E-state index in [-0.39, 0.29) is 11.2 Å². The number of ether oxygens (including phenoxy) is 1. The van der Waals surface area contributed by atoms with Gasteiger partial charge in [-0.05, 0) is 34.2 Å². The first-order valence-corrected chi connectivity index (χ1v) is 7.27. The number of carbonyl (C=O) groups is 1. The summed E-state index contributed by atoms with van der Waals surface area (Å²) in [6.45, 7) is 0.443. The Hall–Kier alpha value is -3.48. The van der Waals surface area contributed by atoms with Gasteiger partial charge in [-0.25, -0.2) is 4.79 Å². The molecule has 24 heavy (non-hydrogen) atoms. The minimum atomic E-state index is -1.07. The first-order valence-electron chi connectivity index (χ1n) is 7.27. The van der Waals surface area contributed by atoms with Crippen LogP contribution < -0.4 is 4.74 Å². The number of carboxylic acids is 1. The highest BCUT2D eigenvalue weighted by molar-refractivity contribution is 5.99. The van der Waals surface area contributed by atoms with Gasteiger partial charge in [0.25, 0.3) is 0 Å². The highest BCUT2D eigenvalue weighted by Crippen LogP contribution is 2.24. The normalized spacial score (nSPS) is 11.0. The molecule has 0 spiro atoms. The summed E-state index contributed by atoms with van der Waals surface area (Å²) in [6, 6.07) is 16.8. The number of pyridine rings is 1. The Bertz CT molecular complexity index is 1040. The molecule has 0 aliphatic rings. The summed E-state index contributed by atoms with van der Waals surface area (Å²) in [5.74, 6) is -0.410. The zero-order valence-corrected chi connectivity index (χ0v) is 12.5. The molecular formula is C17H12N4O3. The Morgan fingerprint density at radius 3 is 2.75 bits per heavy atom. The lowest BCUT2D eigenvalue weighted by molar-refractivity contribution is 0.0698. The summed E-state index contributed by atoms with van der Waals surface area (Å²) in [5.41, 5.74) is 2.01. The van der Waals surface area contributed by atoms with Gasteiger partial charge in [0.15, 0.2) is 5.65 Å². The third-order valence-corrected chi connectivity index (χ3v) is 3.72. The number of fused-ring (bicyclic) bond motifs is 3. The second kappa shape index (κ2) is 5.62. The van der Waals surface area contributed by atoms with E-state index in [2.05, 4.69) is 15.5 Å². The molecule has 0 unspecified atom stereocenters. The summed E-state index contributed by atoms with van der Waals surface area (Å²) in [5, 5.41) is 21.3. The Morgan fingerprint density at radius 1 is 1.12 bits per heavy atom. The molecule has 2 aromatic heterocycles. The van der Waals surface area contributed by atoms with Crippen molar-refractivity contribution >= 4 is 22.5 Å². The van der Waals surface area contributed by atoms with Gasteiger partial charge in [-0.1, -0.05) is 30.3 Å². The molecule has 0 bridgehead atoms. The van der Waals surface area contributed by atoms with Crippen molar-refractivity contribution in [3.05, 3.63) is 65.7 Å². The fourth-order valence-electron chi connectivity index (χ4n) is 2.55. The summed E-state index contributed by atoms with van der Waals surface area (Å²) in [7, 11) is 0. The maximum absolute atomic E-state index is 11.3. The summed E-state index contributed by atoms with van der Waals surface area (Å²) >= 11 is 0. The molecular weight excluding hydrogens is 308 g/mol. The number of hydrogen-bond donors (Lipinski definition) is 1. The van der Waals surface area contributed by atoms with E-state index in [0.717, 1.165) is 10.9 Å². The lowest BCUT2D eigenvalue weighted by Crippen LogP contribution is -2.03. The van der Waals surface area contributed by atoms with E-state index in [0.29, 0.717) is 17.9 Å². The summed E-state index contributed by atoms with van der Waals surface area (Å²) in [4.78, 5) is 11.3. The van der Waals surface area contributed by atoms with Crippen LogP contribution in [0.1, 0.15) is 15.9 Å². The monoisotopic (exact) mass is 320 g/mol. The van der Waals surface area contributed by atoms with Gasteiger partial charge in [-0.2, -0.15) is 4.52 Å². The predicted octanol–water partition coefficient (Wildman–Crippen LogP) is 2.55. The van der Waals surface area contributed by atoms with Crippen molar-refractivity contribution in [1.82, 2.24) is 20.0 Å². The zero-order chi connectivity index (χ0) is 16.5. The molecule has 4 aromatic rings. The number of hydrogen-bond acceptors (Lipinski definition) is 5. The Labute approximate surface area is 136 Å². The van der Waals surface area contributed by atoms with Crippen LogP contribution in [-0.2, 0) is 6.61 Å². The van der Waals surface area contributed by atoms with Gasteiger partial charge in [-0.3, -0.25) is 0 Å². The fraction of sp³-hybridized carbons (Fsp3) is 0.0588. The lowest BCUT2D eigenvalue weighted by Gasteiger charge is -2.08. The van der Waals surface area contributed by atoms with Crippen molar-refractivity contribution in [3.8, 4) is 5.75 Å². The van der Waals surface area contributed by atoms with Crippen molar-refractivity contribution in [1.29, 1.82) is 0 Å². The van der Waals surface area contributed by atoms with Crippen LogP contribution in [0.4, 0.5) is 0 Å². The molecule has 0 radical (unpaired) electrons. The Morgan fingerprint density at radius 2 is 1.96 bits per heavy atom. The van der Waals surface area contributed by atoms with E-state index in [1.807, 2.05) is 30.3 Å². The quantitative estimate of drug-likeness (QED) is 0.621. The molecule has 0 amide bonds. The Kier molecular flexibility index (Phi) is 3.31. The van der Waals surface area contributed by atoms with Crippen LogP contribution in [-0.4, -0.2) is 31.1 Å². The fourth-order valence-corrected chi connectivity index (χ4v) is 2.55. The van der Waals surface area contributed by atoms with Gasteiger partial charge in [-0.15, -0.1) is 5.10 Å². The minimum absolute atomic E-state index is 0.0606. The SMILES string of the molecule is O=C(O)c1cc2ccc(OCc3ccccc3)cc2n2nnnc12. The molecule has 0 aliphatic heterocycles. The van der Waals surface area contributed by atoms with E-state index in [9.17, 15) is 9.90 Å². The maximum Gasteiger partial charge on any atom is 0.339 e. The third-order valence-electron chi connectivity index (χ3n) is 3.72. The molecule has 2 heterocycles. The predicted molar refractivity (Wildman–Crippen MR) is 86.0 cm³/mol. The van der Waals surface area contributed by atoms with Crippen molar-refractivity contribution in [3.63, 3.8) is 0 Å². The van der Waals surface area contributed by atoms with Gasteiger partial charge >= 0.3 is 5.97 Å². The highest BCUT2D eigenvalue weighted by Gasteiger charge is 2.15. The van der Waals surface area contributed by atoms with Crippen LogP contribution in [0.15, 0.2) is 54.6 Å². The zero-order valence-electron chi connectivity index (χ0n) is 12.5. The van der Waals surface area contributed by atoms with Crippen molar-refractivity contribution in [2.75, 3.05) is 0 Å². The van der Waals surface area contributed by atoms with Crippen LogP contribution in [0, 0.1) is 0 Å². The molecule has 0 atom stereocenters. The van der Waals surface area contributed by atoms with Crippen molar-refractivity contribution < 1.29 is 14.6 Å². The van der Waals surface area contributed by atoms with Crippen LogP contribution in [0.25, 0.3) is 16.6 Å². The first kappa shape index (κ1) is 14.1. The van der Waals surface area contributed by atoms with Gasteiger partial charge < -0.3 is 9.84 Å². The van der Waals surface area contributed by atoms with E-state index in [1.54, 1.807) is 24.3 Å². The molecule has 4 rings (SSSR count). The third kappa shape index (κ3) is 2.41. The van der Waals surface area contributed by atoms with Gasteiger partial charge in [0, 0.05) is 11.5 Å². The van der Waals surface area contributed by atoms with Crippen LogP contribution in [0.2, 0.25) is 0 Å². The summed E-state index contributed by atoms with van der Waals surface area (Å²) < 4.78 is 7.22. The average molecular weight is 320 g/mol. The molecule has 1 N–H and O–H groups in total. The van der Waals surface area contributed by atoms with Gasteiger partial charge in [0.05, 0.1) is 5.52 Å². The molecule has 0 fully saturated rings. The molecule has 2 aromatic carbocycles. The second-order valence-corrected chi connectivity index (χ2v) is 5.27. The molecule has 0 saturated carbocycles. The molecule has 118 valence electrons. The number of tetrazole rings is 1. The molecule has 7 nitrogen and oxygen atoms in total. The Balaban J connectivity index is 1.75. The smallest absolute Gasteiger partial charge is 0.339 e. The van der Waals surface area contributed by atoms with E-state index < -0.39 is 5.97 Å². The topological polar surface area (TPSA) is 89.6 Å². The van der Waals surface area contributed by atoms with Gasteiger partial charge in [0.2, 0.25) is 0 Å². The number of rotatable bonds is 4. The molecule has 7 heteroatoms. The van der Waals surface area contributed by atoms with Crippen LogP contribution in [0.3, 0.4) is 0 Å². The molecule has 0 aliphatic carbocycles. The highest BCUT2D eigenvalue weighted by atomic mass is 16.5. The van der Waals surface area contributed by atoms with Crippen molar-refractivity contribution in [2.45, 2.75) is 6.61 Å². The number of aromatic carboxylic acids is 1. The lowest BCUT2D eigenvalue weighted by atomic mass is 10.1.